The van der Waals surface area contributed by atoms with Crippen molar-refractivity contribution in [2.45, 2.75) is 6.42 Å². The third-order valence-corrected chi connectivity index (χ3v) is 1.76. The van der Waals surface area contributed by atoms with Gasteiger partial charge in [0.15, 0.2) is 0 Å². The second-order valence-corrected chi connectivity index (χ2v) is 2.90. The summed E-state index contributed by atoms with van der Waals surface area (Å²) in [6.45, 7) is 0.104. The summed E-state index contributed by atoms with van der Waals surface area (Å²) < 4.78 is 0. The van der Waals surface area contributed by atoms with E-state index in [0.29, 0.717) is 12.0 Å². The molecular weight excluding hydrogens is 194 g/mol. The minimum absolute atomic E-state index is 0.104. The van der Waals surface area contributed by atoms with Crippen LogP contribution in [0, 0.1) is 0 Å². The smallest absolute Gasteiger partial charge is 0.266 e. The molecule has 1 amide bonds. The largest absolute Gasteiger partial charge is 0.396 e. The molecule has 1 aromatic rings. The van der Waals surface area contributed by atoms with Crippen molar-refractivity contribution >= 4 is 12.0 Å². The zero-order valence-electron chi connectivity index (χ0n) is 8.18. The van der Waals surface area contributed by atoms with Crippen molar-refractivity contribution in [1.82, 2.24) is 10.4 Å². The lowest BCUT2D eigenvalue weighted by Crippen LogP contribution is -2.30. The molecule has 0 spiro atoms. The van der Waals surface area contributed by atoms with E-state index in [4.69, 9.17) is 10.9 Å². The average Bonchev–Trinajstić information content (AvgIpc) is 2.29. The number of carbonyl (C=O) groups is 1. The number of pyridine rings is 1. The summed E-state index contributed by atoms with van der Waals surface area (Å²) in [5.41, 5.74) is 3.23. The van der Waals surface area contributed by atoms with Gasteiger partial charge in [-0.3, -0.25) is 15.2 Å². The van der Waals surface area contributed by atoms with E-state index in [2.05, 4.69) is 4.98 Å². The molecule has 0 radical (unpaired) electrons. The molecule has 0 saturated heterocycles. The van der Waals surface area contributed by atoms with Crippen LogP contribution in [-0.4, -0.2) is 22.6 Å². The van der Waals surface area contributed by atoms with Gasteiger partial charge in [0.25, 0.3) is 5.91 Å². The van der Waals surface area contributed by atoms with Crippen molar-refractivity contribution in [2.24, 2.45) is 5.84 Å². The van der Waals surface area contributed by atoms with Crippen molar-refractivity contribution in [3.63, 3.8) is 0 Å². The molecule has 0 unspecified atom stereocenters. The Kier molecular flexibility index (Phi) is 4.46. The fourth-order valence-electron chi connectivity index (χ4n) is 1.05. The predicted octanol–water partition coefficient (Wildman–Crippen LogP) is 0.0807. The average molecular weight is 207 g/mol. The summed E-state index contributed by atoms with van der Waals surface area (Å²) in [7, 11) is 0. The van der Waals surface area contributed by atoms with Crippen LogP contribution in [0.4, 0.5) is 0 Å². The first-order chi connectivity index (χ1) is 7.27. The van der Waals surface area contributed by atoms with Gasteiger partial charge in [0.1, 0.15) is 0 Å². The Morgan fingerprint density at radius 3 is 3.07 bits per heavy atom. The predicted molar refractivity (Wildman–Crippen MR) is 56.6 cm³/mol. The number of amides is 1. The van der Waals surface area contributed by atoms with Crippen LogP contribution in [0.3, 0.4) is 0 Å². The molecule has 1 rings (SSSR count). The number of aliphatic hydroxyl groups is 1. The molecule has 4 N–H and O–H groups in total. The van der Waals surface area contributed by atoms with Gasteiger partial charge in [-0.15, -0.1) is 0 Å². The van der Waals surface area contributed by atoms with Gasteiger partial charge in [-0.1, -0.05) is 12.2 Å². The lowest BCUT2D eigenvalue weighted by molar-refractivity contribution is 0.0953. The van der Waals surface area contributed by atoms with E-state index in [-0.39, 0.29) is 12.5 Å². The summed E-state index contributed by atoms with van der Waals surface area (Å²) in [5.74, 6) is 4.62. The van der Waals surface area contributed by atoms with Gasteiger partial charge in [0, 0.05) is 19.0 Å². The molecule has 0 aliphatic rings. The number of hydrazine groups is 1. The quantitative estimate of drug-likeness (QED) is 0.370. The minimum Gasteiger partial charge on any atom is -0.396 e. The highest BCUT2D eigenvalue weighted by Gasteiger charge is 2.02. The molecule has 80 valence electrons. The van der Waals surface area contributed by atoms with Gasteiger partial charge in [-0.2, -0.15) is 0 Å². The van der Waals surface area contributed by atoms with Gasteiger partial charge < -0.3 is 5.11 Å². The lowest BCUT2D eigenvalue weighted by Gasteiger charge is -1.99. The lowest BCUT2D eigenvalue weighted by atomic mass is 10.2. The maximum absolute atomic E-state index is 11.2. The Labute approximate surface area is 87.6 Å². The number of carbonyl (C=O) groups excluding carboxylic acids is 1. The molecule has 1 aromatic heterocycles. The third-order valence-electron chi connectivity index (χ3n) is 1.76. The van der Waals surface area contributed by atoms with E-state index in [1.165, 1.54) is 6.20 Å². The fraction of sp³-hybridized carbons (Fsp3) is 0.200. The highest BCUT2D eigenvalue weighted by Crippen LogP contribution is 2.05. The molecule has 0 aliphatic carbocycles. The van der Waals surface area contributed by atoms with Gasteiger partial charge in [0.05, 0.1) is 5.56 Å². The highest BCUT2D eigenvalue weighted by atomic mass is 16.2. The van der Waals surface area contributed by atoms with E-state index in [9.17, 15) is 4.79 Å². The summed E-state index contributed by atoms with van der Waals surface area (Å²) in [4.78, 5) is 15.1. The van der Waals surface area contributed by atoms with Crippen molar-refractivity contribution in [3.05, 3.63) is 35.7 Å². The summed E-state index contributed by atoms with van der Waals surface area (Å²) in [6.07, 6.45) is 7.23. The first-order valence-corrected chi connectivity index (χ1v) is 4.51. The second-order valence-electron chi connectivity index (χ2n) is 2.90. The molecule has 5 heteroatoms. The van der Waals surface area contributed by atoms with Crippen LogP contribution >= 0.6 is 0 Å². The molecule has 1 heterocycles. The van der Waals surface area contributed by atoms with Crippen LogP contribution in [-0.2, 0) is 0 Å². The second kappa shape index (κ2) is 5.90. The Morgan fingerprint density at radius 1 is 1.60 bits per heavy atom. The van der Waals surface area contributed by atoms with Gasteiger partial charge >= 0.3 is 0 Å². The standard InChI is InChI=1S/C10H13N3O2/c11-13-10(15)9-5-8(6-12-7-9)3-1-2-4-14/h1,3,5-7,14H,2,4,11H2,(H,13,15). The van der Waals surface area contributed by atoms with Crippen LogP contribution in [0.2, 0.25) is 0 Å². The van der Waals surface area contributed by atoms with Gasteiger partial charge in [0.2, 0.25) is 0 Å². The molecular formula is C10H13N3O2. The highest BCUT2D eigenvalue weighted by molar-refractivity contribution is 5.93. The molecule has 0 bridgehead atoms. The number of hydrogen-bond donors (Lipinski definition) is 3. The molecule has 0 aromatic carbocycles. The zero-order chi connectivity index (χ0) is 11.1. The van der Waals surface area contributed by atoms with Crippen molar-refractivity contribution < 1.29 is 9.90 Å². The van der Waals surface area contributed by atoms with E-state index in [1.54, 1.807) is 24.4 Å². The monoisotopic (exact) mass is 207 g/mol. The van der Waals surface area contributed by atoms with Crippen molar-refractivity contribution in [1.29, 1.82) is 0 Å². The van der Waals surface area contributed by atoms with Crippen LogP contribution in [0.1, 0.15) is 22.3 Å². The maximum atomic E-state index is 11.2. The first-order valence-electron chi connectivity index (χ1n) is 4.51. The zero-order valence-corrected chi connectivity index (χ0v) is 8.18. The number of nitrogens with two attached hydrogens (primary N) is 1. The molecule has 0 fully saturated rings. The Balaban J connectivity index is 2.78. The molecule has 0 saturated carbocycles. The van der Waals surface area contributed by atoms with Crippen LogP contribution in [0.5, 0.6) is 0 Å². The van der Waals surface area contributed by atoms with E-state index in [0.717, 1.165) is 5.56 Å². The SMILES string of the molecule is NNC(=O)c1cncc(C=CCCO)c1. The van der Waals surface area contributed by atoms with E-state index >= 15 is 0 Å². The summed E-state index contributed by atoms with van der Waals surface area (Å²) >= 11 is 0. The number of nitrogen functional groups attached to an aromatic ring is 1. The van der Waals surface area contributed by atoms with Gasteiger partial charge in [-0.25, -0.2) is 5.84 Å². The number of nitrogens with one attached hydrogen (secondary N) is 1. The Morgan fingerprint density at radius 2 is 2.40 bits per heavy atom. The van der Waals surface area contributed by atoms with Gasteiger partial charge in [-0.05, 0) is 18.1 Å². The van der Waals surface area contributed by atoms with Crippen LogP contribution < -0.4 is 11.3 Å². The summed E-state index contributed by atoms with van der Waals surface area (Å²) in [5, 5.41) is 8.58. The van der Waals surface area contributed by atoms with Crippen molar-refractivity contribution in [3.8, 4) is 0 Å². The number of aromatic nitrogens is 1. The number of rotatable bonds is 4. The molecule has 5 nitrogen and oxygen atoms in total. The summed E-state index contributed by atoms with van der Waals surface area (Å²) in [6, 6.07) is 1.67. The van der Waals surface area contributed by atoms with E-state index in [1.807, 2.05) is 5.43 Å². The van der Waals surface area contributed by atoms with E-state index < -0.39 is 0 Å². The number of nitrogens with zero attached hydrogens (tertiary/aromatic N) is 1. The van der Waals surface area contributed by atoms with Crippen LogP contribution in [0.15, 0.2) is 24.5 Å². The number of hydrogen-bond acceptors (Lipinski definition) is 4. The normalized spacial score (nSPS) is 10.5. The van der Waals surface area contributed by atoms with Crippen LogP contribution in [0.25, 0.3) is 6.08 Å². The topological polar surface area (TPSA) is 88.2 Å². The molecule has 0 atom stereocenters. The number of aliphatic hydroxyl groups excluding tert-OH is 1. The maximum Gasteiger partial charge on any atom is 0.266 e. The third kappa shape index (κ3) is 3.49. The molecule has 0 aliphatic heterocycles. The minimum atomic E-state index is -0.375. The fourth-order valence-corrected chi connectivity index (χ4v) is 1.05. The Bertz CT molecular complexity index is 363. The van der Waals surface area contributed by atoms with Crippen molar-refractivity contribution in [2.75, 3.05) is 6.61 Å². The molecule has 15 heavy (non-hydrogen) atoms. The Hall–Kier alpha value is -1.72. The first kappa shape index (κ1) is 11.4.